The van der Waals surface area contributed by atoms with Crippen LogP contribution in [0.1, 0.15) is 22.8 Å². The SMILES string of the molecule is ClCc1cccc(NCC2OCCc3ccccc32)c1. The zero-order chi connectivity index (χ0) is 13.8. The van der Waals surface area contributed by atoms with Crippen molar-refractivity contribution in [3.63, 3.8) is 0 Å². The maximum Gasteiger partial charge on any atom is 0.0999 e. The maximum atomic E-state index is 5.89. The molecule has 0 radical (unpaired) electrons. The molecule has 0 spiro atoms. The minimum Gasteiger partial charge on any atom is -0.382 e. The van der Waals surface area contributed by atoms with Gasteiger partial charge in [-0.15, -0.1) is 11.6 Å². The zero-order valence-corrected chi connectivity index (χ0v) is 12.1. The largest absolute Gasteiger partial charge is 0.382 e. The molecule has 1 heterocycles. The molecular weight excluding hydrogens is 270 g/mol. The smallest absolute Gasteiger partial charge is 0.0999 e. The fourth-order valence-corrected chi connectivity index (χ4v) is 2.79. The molecule has 1 aliphatic heterocycles. The predicted octanol–water partition coefficient (Wildman–Crippen LogP) is 4.15. The van der Waals surface area contributed by atoms with Crippen LogP contribution in [0.5, 0.6) is 0 Å². The summed E-state index contributed by atoms with van der Waals surface area (Å²) in [6.07, 6.45) is 1.13. The third-order valence-corrected chi connectivity index (χ3v) is 3.97. The first kappa shape index (κ1) is 13.5. The number of nitrogens with one attached hydrogen (secondary N) is 1. The molecule has 0 aliphatic carbocycles. The number of hydrogen-bond donors (Lipinski definition) is 1. The first-order valence-corrected chi connectivity index (χ1v) is 7.48. The van der Waals surface area contributed by atoms with E-state index < -0.39 is 0 Å². The van der Waals surface area contributed by atoms with Crippen molar-refractivity contribution in [3.8, 4) is 0 Å². The van der Waals surface area contributed by atoms with Crippen molar-refractivity contribution < 1.29 is 4.74 Å². The molecule has 1 unspecified atom stereocenters. The molecule has 0 saturated carbocycles. The molecule has 3 rings (SSSR count). The normalized spacial score (nSPS) is 17.6. The number of hydrogen-bond acceptors (Lipinski definition) is 2. The average molecular weight is 288 g/mol. The molecule has 1 aliphatic rings. The first-order valence-electron chi connectivity index (χ1n) is 6.95. The lowest BCUT2D eigenvalue weighted by molar-refractivity contribution is 0.0513. The van der Waals surface area contributed by atoms with E-state index in [0.717, 1.165) is 30.8 Å². The lowest BCUT2D eigenvalue weighted by Gasteiger charge is -2.26. The molecule has 0 amide bonds. The highest BCUT2D eigenvalue weighted by Gasteiger charge is 2.19. The van der Waals surface area contributed by atoms with Crippen molar-refractivity contribution in [2.24, 2.45) is 0 Å². The van der Waals surface area contributed by atoms with Crippen LogP contribution >= 0.6 is 11.6 Å². The summed E-state index contributed by atoms with van der Waals surface area (Å²) in [5, 5.41) is 3.45. The van der Waals surface area contributed by atoms with E-state index in [1.54, 1.807) is 0 Å². The summed E-state index contributed by atoms with van der Waals surface area (Å²) < 4.78 is 5.89. The molecule has 3 heteroatoms. The van der Waals surface area contributed by atoms with Crippen molar-refractivity contribution >= 4 is 17.3 Å². The summed E-state index contributed by atoms with van der Waals surface area (Å²) in [7, 11) is 0. The molecule has 0 fully saturated rings. The number of alkyl halides is 1. The van der Waals surface area contributed by atoms with Crippen LogP contribution in [0.15, 0.2) is 48.5 Å². The Morgan fingerprint density at radius 1 is 1.15 bits per heavy atom. The highest BCUT2D eigenvalue weighted by Crippen LogP contribution is 2.27. The molecule has 0 bridgehead atoms. The highest BCUT2D eigenvalue weighted by molar-refractivity contribution is 6.17. The summed E-state index contributed by atoms with van der Waals surface area (Å²) in [5.41, 5.74) is 4.93. The number of benzene rings is 2. The van der Waals surface area contributed by atoms with Crippen molar-refractivity contribution in [1.82, 2.24) is 0 Å². The Balaban J connectivity index is 1.70. The molecule has 2 aromatic carbocycles. The van der Waals surface area contributed by atoms with Gasteiger partial charge in [-0.3, -0.25) is 0 Å². The third kappa shape index (κ3) is 2.97. The van der Waals surface area contributed by atoms with Gasteiger partial charge in [0.05, 0.1) is 12.7 Å². The van der Waals surface area contributed by atoms with Crippen molar-refractivity contribution in [2.75, 3.05) is 18.5 Å². The van der Waals surface area contributed by atoms with Gasteiger partial charge < -0.3 is 10.1 Å². The zero-order valence-electron chi connectivity index (χ0n) is 11.3. The highest BCUT2D eigenvalue weighted by atomic mass is 35.5. The van der Waals surface area contributed by atoms with Crippen LogP contribution in [0.2, 0.25) is 0 Å². The number of anilines is 1. The molecule has 20 heavy (non-hydrogen) atoms. The van der Waals surface area contributed by atoms with Crippen molar-refractivity contribution in [1.29, 1.82) is 0 Å². The van der Waals surface area contributed by atoms with Gasteiger partial charge in [0, 0.05) is 18.1 Å². The van der Waals surface area contributed by atoms with Crippen LogP contribution in [-0.2, 0) is 17.0 Å². The van der Waals surface area contributed by atoms with Gasteiger partial charge in [0.1, 0.15) is 0 Å². The first-order chi connectivity index (χ1) is 9.86. The van der Waals surface area contributed by atoms with E-state index in [4.69, 9.17) is 16.3 Å². The number of halogens is 1. The molecule has 0 saturated heterocycles. The van der Waals surface area contributed by atoms with Gasteiger partial charge in [-0.05, 0) is 35.2 Å². The minimum absolute atomic E-state index is 0.125. The summed E-state index contributed by atoms with van der Waals surface area (Å²) in [5.74, 6) is 0.540. The molecule has 2 aromatic rings. The fraction of sp³-hybridized carbons (Fsp3) is 0.294. The number of ether oxygens (including phenoxy) is 1. The van der Waals surface area contributed by atoms with Gasteiger partial charge in [0.15, 0.2) is 0 Å². The molecule has 104 valence electrons. The second kappa shape index (κ2) is 6.29. The molecule has 2 nitrogen and oxygen atoms in total. The van der Waals surface area contributed by atoms with Gasteiger partial charge >= 0.3 is 0 Å². The lowest BCUT2D eigenvalue weighted by Crippen LogP contribution is -2.22. The summed E-state index contributed by atoms with van der Waals surface area (Å²) in [4.78, 5) is 0. The van der Waals surface area contributed by atoms with Crippen LogP contribution in [0.3, 0.4) is 0 Å². The van der Waals surface area contributed by atoms with Gasteiger partial charge in [0.2, 0.25) is 0 Å². The van der Waals surface area contributed by atoms with E-state index in [-0.39, 0.29) is 6.10 Å². The van der Waals surface area contributed by atoms with Crippen molar-refractivity contribution in [2.45, 2.75) is 18.4 Å². The van der Waals surface area contributed by atoms with Crippen LogP contribution in [0.4, 0.5) is 5.69 Å². The Hall–Kier alpha value is -1.51. The molecule has 0 aromatic heterocycles. The summed E-state index contributed by atoms with van der Waals surface area (Å²) in [6, 6.07) is 16.7. The Morgan fingerprint density at radius 2 is 2.05 bits per heavy atom. The van der Waals surface area contributed by atoms with Gasteiger partial charge in [-0.1, -0.05) is 36.4 Å². The Bertz CT molecular complexity index is 585. The van der Waals surface area contributed by atoms with Crippen LogP contribution < -0.4 is 5.32 Å². The third-order valence-electron chi connectivity index (χ3n) is 3.67. The quantitative estimate of drug-likeness (QED) is 0.853. The Labute approximate surface area is 124 Å². The number of rotatable bonds is 4. The van der Waals surface area contributed by atoms with E-state index in [1.165, 1.54) is 11.1 Å². The minimum atomic E-state index is 0.125. The van der Waals surface area contributed by atoms with Crippen molar-refractivity contribution in [3.05, 3.63) is 65.2 Å². The van der Waals surface area contributed by atoms with Crippen LogP contribution in [0, 0.1) is 0 Å². The molecular formula is C17H18ClNO. The molecule has 1 N–H and O–H groups in total. The van der Waals surface area contributed by atoms with E-state index >= 15 is 0 Å². The van der Waals surface area contributed by atoms with Gasteiger partial charge in [-0.25, -0.2) is 0 Å². The second-order valence-electron chi connectivity index (χ2n) is 5.02. The predicted molar refractivity (Wildman–Crippen MR) is 83.3 cm³/mol. The van der Waals surface area contributed by atoms with E-state index in [1.807, 2.05) is 12.1 Å². The monoisotopic (exact) mass is 287 g/mol. The van der Waals surface area contributed by atoms with E-state index in [9.17, 15) is 0 Å². The van der Waals surface area contributed by atoms with Crippen LogP contribution in [0.25, 0.3) is 0 Å². The standard InChI is InChI=1S/C17H18ClNO/c18-11-13-4-3-6-15(10-13)19-12-17-16-7-2-1-5-14(16)8-9-20-17/h1-7,10,17,19H,8-9,11-12H2. The lowest BCUT2D eigenvalue weighted by atomic mass is 9.97. The fourth-order valence-electron chi connectivity index (χ4n) is 2.62. The summed E-state index contributed by atoms with van der Waals surface area (Å²) >= 11 is 5.86. The Kier molecular flexibility index (Phi) is 4.24. The van der Waals surface area contributed by atoms with Gasteiger partial charge in [0.25, 0.3) is 0 Å². The number of fused-ring (bicyclic) bond motifs is 1. The van der Waals surface area contributed by atoms with E-state index in [0.29, 0.717) is 5.88 Å². The van der Waals surface area contributed by atoms with Crippen LogP contribution in [-0.4, -0.2) is 13.2 Å². The second-order valence-corrected chi connectivity index (χ2v) is 5.29. The summed E-state index contributed by atoms with van der Waals surface area (Å²) in [6.45, 7) is 1.58. The van der Waals surface area contributed by atoms with E-state index in [2.05, 4.69) is 41.7 Å². The van der Waals surface area contributed by atoms with Gasteiger partial charge in [-0.2, -0.15) is 0 Å². The average Bonchev–Trinajstić information content (AvgIpc) is 2.53. The Morgan fingerprint density at radius 3 is 2.95 bits per heavy atom. The topological polar surface area (TPSA) is 21.3 Å². The maximum absolute atomic E-state index is 5.89. The molecule has 1 atom stereocenters.